The van der Waals surface area contributed by atoms with Crippen molar-refractivity contribution in [2.24, 2.45) is 16.7 Å². The molecule has 0 aliphatic heterocycles. The zero-order valence-corrected chi connectivity index (χ0v) is 14.0. The van der Waals surface area contributed by atoms with Gasteiger partial charge in [-0.25, -0.2) is 0 Å². The van der Waals surface area contributed by atoms with Gasteiger partial charge in [-0.1, -0.05) is 26.0 Å². The van der Waals surface area contributed by atoms with Crippen LogP contribution in [0.4, 0.5) is 11.4 Å². The molecule has 0 radical (unpaired) electrons. The van der Waals surface area contributed by atoms with E-state index >= 15 is 0 Å². The quantitative estimate of drug-likeness (QED) is 0.830. The average molecular weight is 312 g/mol. The first kappa shape index (κ1) is 15.8. The minimum atomic E-state index is -0.412. The van der Waals surface area contributed by atoms with Crippen LogP contribution >= 0.6 is 0 Å². The van der Waals surface area contributed by atoms with Crippen LogP contribution in [-0.2, 0) is 9.59 Å². The van der Waals surface area contributed by atoms with Gasteiger partial charge in [-0.3, -0.25) is 9.59 Å². The van der Waals surface area contributed by atoms with Gasteiger partial charge >= 0.3 is 0 Å². The van der Waals surface area contributed by atoms with E-state index in [9.17, 15) is 9.59 Å². The lowest BCUT2D eigenvalue weighted by Gasteiger charge is -2.37. The van der Waals surface area contributed by atoms with E-state index in [0.29, 0.717) is 5.92 Å². The molecule has 2 unspecified atom stereocenters. The summed E-state index contributed by atoms with van der Waals surface area (Å²) in [5, 5.41) is 5.76. The Balaban J connectivity index is 1.75. The fraction of sp³-hybridized carbons (Fsp3) is 0.474. The van der Waals surface area contributed by atoms with Gasteiger partial charge in [0.25, 0.3) is 0 Å². The second-order valence-corrected chi connectivity index (χ2v) is 7.43. The minimum absolute atomic E-state index is 0.0465. The predicted octanol–water partition coefficient (Wildman–Crippen LogP) is 3.97. The first-order valence-electron chi connectivity index (χ1n) is 8.15. The number of fused-ring (bicyclic) bond motifs is 2. The van der Waals surface area contributed by atoms with Crippen LogP contribution in [0.2, 0.25) is 0 Å². The highest BCUT2D eigenvalue weighted by Gasteiger charge is 2.60. The summed E-state index contributed by atoms with van der Waals surface area (Å²) in [5.41, 5.74) is 2.18. The number of anilines is 2. The molecule has 4 nitrogen and oxygen atoms in total. The van der Waals surface area contributed by atoms with Crippen LogP contribution in [0.5, 0.6) is 0 Å². The van der Waals surface area contributed by atoms with Gasteiger partial charge in [0.2, 0.25) is 11.8 Å². The van der Waals surface area contributed by atoms with Crippen molar-refractivity contribution in [2.75, 3.05) is 10.6 Å². The summed E-state index contributed by atoms with van der Waals surface area (Å²) in [6.07, 6.45) is 2.91. The summed E-state index contributed by atoms with van der Waals surface area (Å²) in [5.74, 6) is 0.507. The van der Waals surface area contributed by atoms with E-state index in [1.54, 1.807) is 12.1 Å². The maximum absolute atomic E-state index is 12.9. The Kier molecular flexibility index (Phi) is 3.58. The lowest BCUT2D eigenvalue weighted by atomic mass is 9.68. The summed E-state index contributed by atoms with van der Waals surface area (Å²) in [7, 11) is 0. The Labute approximate surface area is 137 Å². The van der Waals surface area contributed by atoms with Crippen molar-refractivity contribution >= 4 is 23.2 Å². The maximum Gasteiger partial charge on any atom is 0.234 e. The Morgan fingerprint density at radius 2 is 1.70 bits per heavy atom. The molecule has 2 bridgehead atoms. The smallest absolute Gasteiger partial charge is 0.234 e. The normalized spacial score (nSPS) is 27.8. The third-order valence-electron chi connectivity index (χ3n) is 5.79. The molecule has 0 spiro atoms. The van der Waals surface area contributed by atoms with Crippen LogP contribution in [0.1, 0.15) is 40.0 Å². The topological polar surface area (TPSA) is 58.2 Å². The Hall–Kier alpha value is -2.10. The Bertz CT molecular complexity index is 675. The molecule has 0 aromatic heterocycles. The van der Waals surface area contributed by atoms with Gasteiger partial charge in [-0.05, 0) is 54.9 Å². The lowest BCUT2D eigenvalue weighted by molar-refractivity contribution is -0.123. The number of carbonyl (C=O) groups is 2. The molecule has 2 N–H and O–H groups in total. The minimum Gasteiger partial charge on any atom is -0.326 e. The highest BCUT2D eigenvalue weighted by atomic mass is 16.2. The van der Waals surface area contributed by atoms with Gasteiger partial charge in [0.15, 0.2) is 0 Å². The molecule has 4 heteroatoms. The van der Waals surface area contributed by atoms with E-state index in [1.807, 2.05) is 12.1 Å². The molecule has 2 fully saturated rings. The number of hydrogen-bond donors (Lipinski definition) is 2. The van der Waals surface area contributed by atoms with Crippen molar-refractivity contribution in [1.82, 2.24) is 0 Å². The molecule has 1 aromatic rings. The molecule has 2 aliphatic carbocycles. The fourth-order valence-electron chi connectivity index (χ4n) is 4.23. The molecular weight excluding hydrogens is 288 g/mol. The van der Waals surface area contributed by atoms with Crippen LogP contribution in [0.3, 0.4) is 0 Å². The van der Waals surface area contributed by atoms with E-state index in [1.165, 1.54) is 6.92 Å². The van der Waals surface area contributed by atoms with Gasteiger partial charge in [0.05, 0.1) is 5.41 Å². The molecule has 122 valence electrons. The average Bonchev–Trinajstić information content (AvgIpc) is 3.01. The third-order valence-corrected chi connectivity index (χ3v) is 5.79. The van der Waals surface area contributed by atoms with E-state index in [4.69, 9.17) is 0 Å². The predicted molar refractivity (Wildman–Crippen MR) is 92.1 cm³/mol. The summed E-state index contributed by atoms with van der Waals surface area (Å²) in [4.78, 5) is 24.0. The van der Waals surface area contributed by atoms with Crippen molar-refractivity contribution in [1.29, 1.82) is 0 Å². The summed E-state index contributed by atoms with van der Waals surface area (Å²) >= 11 is 0. The Morgan fingerprint density at radius 3 is 2.17 bits per heavy atom. The highest BCUT2D eigenvalue weighted by molar-refractivity contribution is 5.98. The Morgan fingerprint density at radius 1 is 1.13 bits per heavy atom. The fourth-order valence-corrected chi connectivity index (χ4v) is 4.23. The largest absolute Gasteiger partial charge is 0.326 e. The van der Waals surface area contributed by atoms with Crippen molar-refractivity contribution in [3.05, 3.63) is 36.4 Å². The van der Waals surface area contributed by atoms with E-state index in [2.05, 4.69) is 31.1 Å². The molecule has 2 atom stereocenters. The van der Waals surface area contributed by atoms with Gasteiger partial charge in [-0.2, -0.15) is 0 Å². The van der Waals surface area contributed by atoms with Gasteiger partial charge in [0.1, 0.15) is 0 Å². The molecule has 0 saturated heterocycles. The molecule has 2 aliphatic rings. The van der Waals surface area contributed by atoms with E-state index in [-0.39, 0.29) is 17.2 Å². The molecule has 23 heavy (non-hydrogen) atoms. The summed E-state index contributed by atoms with van der Waals surface area (Å²) < 4.78 is 0. The number of nitrogens with one attached hydrogen (secondary N) is 2. The zero-order valence-electron chi connectivity index (χ0n) is 14.0. The van der Waals surface area contributed by atoms with E-state index in [0.717, 1.165) is 36.2 Å². The first-order valence-corrected chi connectivity index (χ1v) is 8.15. The molecule has 1 aromatic carbocycles. The van der Waals surface area contributed by atoms with Crippen molar-refractivity contribution in [2.45, 2.75) is 40.0 Å². The standard InChI is InChI=1S/C19H24N2O2/c1-12-18(3,4)14-9-10-19(12,11-14)17(23)21-16-7-5-15(6-8-16)20-13(2)22/h5-8,14H,1,9-11H2,2-4H3,(H,20,22)(H,21,23). The zero-order chi connectivity index (χ0) is 16.8. The monoisotopic (exact) mass is 312 g/mol. The first-order chi connectivity index (χ1) is 10.8. The van der Waals surface area contributed by atoms with Crippen LogP contribution in [0.25, 0.3) is 0 Å². The summed E-state index contributed by atoms with van der Waals surface area (Å²) in [6, 6.07) is 7.21. The number of benzene rings is 1. The number of hydrogen-bond acceptors (Lipinski definition) is 2. The SMILES string of the molecule is C=C1C2(C(=O)Nc3ccc(NC(C)=O)cc3)CCC(C2)C1(C)C. The third kappa shape index (κ3) is 2.46. The van der Waals surface area contributed by atoms with Gasteiger partial charge in [-0.15, -0.1) is 0 Å². The second-order valence-electron chi connectivity index (χ2n) is 7.43. The van der Waals surface area contributed by atoms with Crippen molar-refractivity contribution in [3.8, 4) is 0 Å². The molecule has 2 saturated carbocycles. The van der Waals surface area contributed by atoms with Crippen LogP contribution < -0.4 is 10.6 Å². The van der Waals surface area contributed by atoms with Crippen LogP contribution in [0.15, 0.2) is 36.4 Å². The van der Waals surface area contributed by atoms with Crippen molar-refractivity contribution in [3.63, 3.8) is 0 Å². The highest BCUT2D eigenvalue weighted by Crippen LogP contribution is 2.65. The summed E-state index contributed by atoms with van der Waals surface area (Å²) in [6.45, 7) is 10.1. The number of rotatable bonds is 3. The molecule has 3 rings (SSSR count). The van der Waals surface area contributed by atoms with Crippen molar-refractivity contribution < 1.29 is 9.59 Å². The molecule has 0 heterocycles. The van der Waals surface area contributed by atoms with Crippen LogP contribution in [-0.4, -0.2) is 11.8 Å². The lowest BCUT2D eigenvalue weighted by Crippen LogP contribution is -2.37. The van der Waals surface area contributed by atoms with E-state index < -0.39 is 5.41 Å². The second kappa shape index (κ2) is 5.22. The number of amides is 2. The van der Waals surface area contributed by atoms with Gasteiger partial charge < -0.3 is 10.6 Å². The molecular formula is C19H24N2O2. The van der Waals surface area contributed by atoms with Gasteiger partial charge in [0, 0.05) is 18.3 Å². The molecule has 2 amide bonds. The maximum atomic E-state index is 12.9. The number of carbonyl (C=O) groups excluding carboxylic acids is 2. The van der Waals surface area contributed by atoms with Crippen LogP contribution in [0, 0.1) is 16.7 Å².